The number of ether oxygens (including phenoxy) is 1. The van der Waals surface area contributed by atoms with Crippen LogP contribution in [0.5, 0.6) is 5.75 Å². The Bertz CT molecular complexity index is 528. The monoisotopic (exact) mass is 294 g/mol. The zero-order valence-electron chi connectivity index (χ0n) is 11.9. The number of aromatic carboxylic acids is 1. The zero-order valence-corrected chi connectivity index (χ0v) is 11.9. The summed E-state index contributed by atoms with van der Waals surface area (Å²) in [5.41, 5.74) is -0.0467. The average Bonchev–Trinajstić information content (AvgIpc) is 2.43. The number of imide groups is 1. The SMILES string of the molecule is CC(C)CNC(=O)NC(=O)COc1ccccc1C(=O)O. The molecule has 7 nitrogen and oxygen atoms in total. The molecule has 1 rings (SSSR count). The molecule has 0 heterocycles. The van der Waals surface area contributed by atoms with Crippen molar-refractivity contribution in [2.75, 3.05) is 13.2 Å². The molecule has 0 aliphatic carbocycles. The summed E-state index contributed by atoms with van der Waals surface area (Å²) < 4.78 is 5.11. The van der Waals surface area contributed by atoms with Crippen LogP contribution in [0.1, 0.15) is 24.2 Å². The smallest absolute Gasteiger partial charge is 0.339 e. The Morgan fingerprint density at radius 3 is 2.52 bits per heavy atom. The van der Waals surface area contributed by atoms with Crippen LogP contribution in [0.4, 0.5) is 4.79 Å². The van der Waals surface area contributed by atoms with Gasteiger partial charge in [0.1, 0.15) is 11.3 Å². The molecule has 0 spiro atoms. The Morgan fingerprint density at radius 2 is 1.90 bits per heavy atom. The van der Waals surface area contributed by atoms with Gasteiger partial charge in [0.25, 0.3) is 5.91 Å². The largest absolute Gasteiger partial charge is 0.483 e. The molecular weight excluding hydrogens is 276 g/mol. The molecule has 1 aromatic carbocycles. The number of para-hydroxylation sites is 1. The Hall–Kier alpha value is -2.57. The van der Waals surface area contributed by atoms with Crippen LogP contribution >= 0.6 is 0 Å². The maximum absolute atomic E-state index is 11.5. The number of benzene rings is 1. The van der Waals surface area contributed by atoms with Gasteiger partial charge in [0.15, 0.2) is 6.61 Å². The van der Waals surface area contributed by atoms with Gasteiger partial charge < -0.3 is 15.2 Å². The van der Waals surface area contributed by atoms with Crippen LogP contribution in [-0.4, -0.2) is 36.2 Å². The number of carbonyl (C=O) groups excluding carboxylic acids is 2. The molecule has 0 unspecified atom stereocenters. The number of carboxylic acid groups (broad SMARTS) is 1. The fraction of sp³-hybridized carbons (Fsp3) is 0.357. The molecule has 21 heavy (non-hydrogen) atoms. The van der Waals surface area contributed by atoms with E-state index in [1.807, 2.05) is 13.8 Å². The lowest BCUT2D eigenvalue weighted by molar-refractivity contribution is -0.122. The number of carboxylic acids is 1. The van der Waals surface area contributed by atoms with Crippen LogP contribution in [0, 0.1) is 5.92 Å². The molecule has 114 valence electrons. The molecule has 0 aliphatic rings. The van der Waals surface area contributed by atoms with Gasteiger partial charge in [-0.05, 0) is 18.1 Å². The molecule has 0 aromatic heterocycles. The number of rotatable bonds is 6. The summed E-state index contributed by atoms with van der Waals surface area (Å²) in [5, 5.41) is 13.6. The third-order valence-corrected chi connectivity index (χ3v) is 2.40. The van der Waals surface area contributed by atoms with Crippen molar-refractivity contribution in [2.45, 2.75) is 13.8 Å². The van der Waals surface area contributed by atoms with Crippen LogP contribution < -0.4 is 15.4 Å². The van der Waals surface area contributed by atoms with E-state index in [-0.39, 0.29) is 17.2 Å². The Balaban J connectivity index is 2.47. The van der Waals surface area contributed by atoms with Crippen molar-refractivity contribution in [3.63, 3.8) is 0 Å². The minimum absolute atomic E-state index is 0.0467. The van der Waals surface area contributed by atoms with Crippen molar-refractivity contribution in [3.8, 4) is 5.75 Å². The van der Waals surface area contributed by atoms with Crippen LogP contribution in [0.25, 0.3) is 0 Å². The number of hydrogen-bond donors (Lipinski definition) is 3. The molecule has 0 saturated carbocycles. The van der Waals surface area contributed by atoms with Gasteiger partial charge in [-0.1, -0.05) is 26.0 Å². The summed E-state index contributed by atoms with van der Waals surface area (Å²) in [5.74, 6) is -1.47. The number of carbonyl (C=O) groups is 3. The molecule has 0 aliphatic heterocycles. The highest BCUT2D eigenvalue weighted by Gasteiger charge is 2.13. The first kappa shape index (κ1) is 16.5. The predicted molar refractivity (Wildman–Crippen MR) is 75.3 cm³/mol. The van der Waals surface area contributed by atoms with E-state index < -0.39 is 24.5 Å². The van der Waals surface area contributed by atoms with Gasteiger partial charge in [0, 0.05) is 6.54 Å². The van der Waals surface area contributed by atoms with E-state index in [0.717, 1.165) is 0 Å². The molecule has 0 fully saturated rings. The van der Waals surface area contributed by atoms with Gasteiger partial charge in [-0.25, -0.2) is 9.59 Å². The molecule has 3 amide bonds. The van der Waals surface area contributed by atoms with Gasteiger partial charge in [0.05, 0.1) is 0 Å². The number of nitrogens with one attached hydrogen (secondary N) is 2. The maximum atomic E-state index is 11.5. The molecule has 7 heteroatoms. The second kappa shape index (κ2) is 7.88. The molecule has 1 aromatic rings. The topological polar surface area (TPSA) is 105 Å². The number of amides is 3. The van der Waals surface area contributed by atoms with E-state index in [0.29, 0.717) is 6.54 Å². The quantitative estimate of drug-likeness (QED) is 0.732. The van der Waals surface area contributed by atoms with Gasteiger partial charge >= 0.3 is 12.0 Å². The van der Waals surface area contributed by atoms with E-state index in [1.54, 1.807) is 12.1 Å². The first-order chi connectivity index (χ1) is 9.90. The normalized spacial score (nSPS) is 10.0. The van der Waals surface area contributed by atoms with E-state index >= 15 is 0 Å². The number of urea groups is 1. The van der Waals surface area contributed by atoms with Crippen molar-refractivity contribution >= 4 is 17.9 Å². The standard InChI is InChI=1S/C14H18N2O5/c1-9(2)7-15-14(20)16-12(17)8-21-11-6-4-3-5-10(11)13(18)19/h3-6,9H,7-8H2,1-2H3,(H,18,19)(H2,15,16,17,20). The second-order valence-electron chi connectivity index (χ2n) is 4.74. The summed E-state index contributed by atoms with van der Waals surface area (Å²) in [6, 6.07) is 5.34. The van der Waals surface area contributed by atoms with Crippen LogP contribution in [-0.2, 0) is 4.79 Å². The Labute approximate surface area is 122 Å². The van der Waals surface area contributed by atoms with Crippen molar-refractivity contribution in [3.05, 3.63) is 29.8 Å². The molecule has 0 radical (unpaired) electrons. The molecular formula is C14H18N2O5. The second-order valence-corrected chi connectivity index (χ2v) is 4.74. The third-order valence-electron chi connectivity index (χ3n) is 2.40. The van der Waals surface area contributed by atoms with Gasteiger partial charge in [-0.2, -0.15) is 0 Å². The van der Waals surface area contributed by atoms with Crippen molar-refractivity contribution < 1.29 is 24.2 Å². The molecule has 0 saturated heterocycles. The Morgan fingerprint density at radius 1 is 1.24 bits per heavy atom. The molecule has 0 bridgehead atoms. The minimum atomic E-state index is -1.15. The van der Waals surface area contributed by atoms with Gasteiger partial charge in [-0.15, -0.1) is 0 Å². The summed E-state index contributed by atoms with van der Waals surface area (Å²) in [6.45, 7) is 3.85. The average molecular weight is 294 g/mol. The summed E-state index contributed by atoms with van der Waals surface area (Å²) in [6.07, 6.45) is 0. The lowest BCUT2D eigenvalue weighted by Crippen LogP contribution is -2.42. The first-order valence-corrected chi connectivity index (χ1v) is 6.43. The van der Waals surface area contributed by atoms with E-state index in [1.165, 1.54) is 12.1 Å². The minimum Gasteiger partial charge on any atom is -0.483 e. The van der Waals surface area contributed by atoms with Crippen molar-refractivity contribution in [1.29, 1.82) is 0 Å². The van der Waals surface area contributed by atoms with Crippen LogP contribution in [0.15, 0.2) is 24.3 Å². The summed E-state index contributed by atoms with van der Waals surface area (Å²) >= 11 is 0. The predicted octanol–water partition coefficient (Wildman–Crippen LogP) is 1.25. The van der Waals surface area contributed by atoms with E-state index in [4.69, 9.17) is 9.84 Å². The van der Waals surface area contributed by atoms with E-state index in [2.05, 4.69) is 10.6 Å². The molecule has 3 N–H and O–H groups in total. The van der Waals surface area contributed by atoms with Gasteiger partial charge in [0.2, 0.25) is 0 Å². The van der Waals surface area contributed by atoms with Crippen LogP contribution in [0.2, 0.25) is 0 Å². The third kappa shape index (κ3) is 5.94. The fourth-order valence-electron chi connectivity index (χ4n) is 1.42. The molecule has 0 atom stereocenters. The highest BCUT2D eigenvalue weighted by molar-refractivity contribution is 5.95. The van der Waals surface area contributed by atoms with E-state index in [9.17, 15) is 14.4 Å². The summed E-state index contributed by atoms with van der Waals surface area (Å²) in [4.78, 5) is 33.8. The maximum Gasteiger partial charge on any atom is 0.339 e. The first-order valence-electron chi connectivity index (χ1n) is 6.43. The highest BCUT2D eigenvalue weighted by Crippen LogP contribution is 2.17. The van der Waals surface area contributed by atoms with Crippen molar-refractivity contribution in [1.82, 2.24) is 10.6 Å². The lowest BCUT2D eigenvalue weighted by Gasteiger charge is -2.10. The van der Waals surface area contributed by atoms with Gasteiger partial charge in [-0.3, -0.25) is 10.1 Å². The van der Waals surface area contributed by atoms with Crippen molar-refractivity contribution in [2.24, 2.45) is 5.92 Å². The fourth-order valence-corrected chi connectivity index (χ4v) is 1.42. The zero-order chi connectivity index (χ0) is 15.8. The highest BCUT2D eigenvalue weighted by atomic mass is 16.5. The number of hydrogen-bond acceptors (Lipinski definition) is 4. The lowest BCUT2D eigenvalue weighted by atomic mass is 10.2. The summed E-state index contributed by atoms with van der Waals surface area (Å²) in [7, 11) is 0. The Kier molecular flexibility index (Phi) is 6.19. The van der Waals surface area contributed by atoms with Crippen LogP contribution in [0.3, 0.4) is 0 Å².